The lowest BCUT2D eigenvalue weighted by Crippen LogP contribution is -2.39. The van der Waals surface area contributed by atoms with Crippen LogP contribution in [0.1, 0.15) is 18.5 Å². The summed E-state index contributed by atoms with van der Waals surface area (Å²) in [6.45, 7) is 1.89. The van der Waals surface area contributed by atoms with Crippen LogP contribution in [0.3, 0.4) is 0 Å². The summed E-state index contributed by atoms with van der Waals surface area (Å²) >= 11 is 4.94. The molecule has 1 aromatic rings. The summed E-state index contributed by atoms with van der Waals surface area (Å²) in [4.78, 5) is 7.03. The largest absolute Gasteiger partial charge is 0.388 e. The van der Waals surface area contributed by atoms with E-state index in [1.807, 2.05) is 18.2 Å². The van der Waals surface area contributed by atoms with Gasteiger partial charge in [0, 0.05) is 20.2 Å². The number of rotatable bonds is 3. The molecule has 2 heterocycles. The van der Waals surface area contributed by atoms with E-state index >= 15 is 0 Å². The van der Waals surface area contributed by atoms with Crippen LogP contribution in [0, 0.1) is 0 Å². The lowest BCUT2D eigenvalue weighted by molar-refractivity contribution is 0.0891. The zero-order valence-electron chi connectivity index (χ0n) is 9.93. The minimum atomic E-state index is 0.291. The van der Waals surface area contributed by atoms with Crippen molar-refractivity contribution < 1.29 is 4.74 Å². The fraction of sp³-hybridized carbons (Fsp3) is 0.500. The van der Waals surface area contributed by atoms with E-state index in [0.717, 1.165) is 31.7 Å². The maximum atomic E-state index is 5.59. The molecule has 1 saturated heterocycles. The number of thiocarbonyl (C=S) groups is 1. The molecule has 92 valence electrons. The van der Waals surface area contributed by atoms with Crippen molar-refractivity contribution in [2.75, 3.05) is 25.1 Å². The zero-order valence-corrected chi connectivity index (χ0v) is 10.7. The normalized spacial score (nSPS) is 20.3. The molecule has 0 bridgehead atoms. The van der Waals surface area contributed by atoms with Crippen LogP contribution in [0.25, 0.3) is 0 Å². The Hall–Kier alpha value is -1.20. The fourth-order valence-corrected chi connectivity index (χ4v) is 2.19. The van der Waals surface area contributed by atoms with Gasteiger partial charge in [-0.1, -0.05) is 18.3 Å². The Kier molecular flexibility index (Phi) is 3.91. The number of methoxy groups -OCH3 is 1. The topological polar surface area (TPSA) is 51.4 Å². The minimum absolute atomic E-state index is 0.291. The summed E-state index contributed by atoms with van der Waals surface area (Å²) in [7, 11) is 1.76. The molecular formula is C12H17N3OS. The molecule has 1 aliphatic rings. The first-order valence-electron chi connectivity index (χ1n) is 5.75. The second kappa shape index (κ2) is 5.42. The van der Waals surface area contributed by atoms with E-state index in [1.165, 1.54) is 0 Å². The predicted molar refractivity (Wildman–Crippen MR) is 72.4 cm³/mol. The molecular weight excluding hydrogens is 234 g/mol. The van der Waals surface area contributed by atoms with E-state index in [2.05, 4.69) is 9.88 Å². The molecule has 0 saturated carbocycles. The summed E-state index contributed by atoms with van der Waals surface area (Å²) in [5.41, 5.74) is 6.27. The van der Waals surface area contributed by atoms with E-state index in [0.29, 0.717) is 16.8 Å². The molecule has 1 aliphatic heterocycles. The molecule has 2 N–H and O–H groups in total. The highest BCUT2D eigenvalue weighted by molar-refractivity contribution is 7.80. The van der Waals surface area contributed by atoms with Crippen LogP contribution in [-0.4, -0.2) is 36.3 Å². The van der Waals surface area contributed by atoms with Gasteiger partial charge in [-0.15, -0.1) is 0 Å². The SMILES string of the molecule is COC1CCCN(c2cccc(C(N)=S)n2)C1. The van der Waals surface area contributed by atoms with Gasteiger partial charge in [-0.05, 0) is 25.0 Å². The van der Waals surface area contributed by atoms with Gasteiger partial charge in [-0.3, -0.25) is 0 Å². The highest BCUT2D eigenvalue weighted by atomic mass is 32.1. The molecule has 5 heteroatoms. The molecule has 4 nitrogen and oxygen atoms in total. The highest BCUT2D eigenvalue weighted by Gasteiger charge is 2.20. The number of ether oxygens (including phenoxy) is 1. The number of hydrogen-bond acceptors (Lipinski definition) is 4. The van der Waals surface area contributed by atoms with Crippen molar-refractivity contribution in [1.29, 1.82) is 0 Å². The third-order valence-corrected chi connectivity index (χ3v) is 3.23. The van der Waals surface area contributed by atoms with Crippen molar-refractivity contribution in [2.45, 2.75) is 18.9 Å². The molecule has 1 aromatic heterocycles. The molecule has 0 aliphatic carbocycles. The Morgan fingerprint density at radius 2 is 2.41 bits per heavy atom. The Balaban J connectivity index is 2.16. The predicted octanol–water partition coefficient (Wildman–Crippen LogP) is 1.33. The molecule has 1 unspecified atom stereocenters. The van der Waals surface area contributed by atoms with Gasteiger partial charge in [0.2, 0.25) is 0 Å². The van der Waals surface area contributed by atoms with Gasteiger partial charge >= 0.3 is 0 Å². The number of anilines is 1. The summed E-state index contributed by atoms with van der Waals surface area (Å²) in [6, 6.07) is 5.76. The zero-order chi connectivity index (χ0) is 12.3. The second-order valence-corrected chi connectivity index (χ2v) is 4.63. The maximum Gasteiger partial charge on any atom is 0.129 e. The molecule has 1 atom stereocenters. The van der Waals surface area contributed by atoms with Crippen LogP contribution in [0.5, 0.6) is 0 Å². The molecule has 0 amide bonds. The molecule has 0 spiro atoms. The standard InChI is InChI=1S/C12H17N3OS/c1-16-9-4-3-7-15(8-9)11-6-2-5-10(14-11)12(13)17/h2,5-6,9H,3-4,7-8H2,1H3,(H2,13,17). The van der Waals surface area contributed by atoms with Gasteiger partial charge in [0.1, 0.15) is 10.8 Å². The quantitative estimate of drug-likeness (QED) is 0.821. The van der Waals surface area contributed by atoms with Crippen molar-refractivity contribution in [3.63, 3.8) is 0 Å². The number of nitrogens with zero attached hydrogens (tertiary/aromatic N) is 2. The van der Waals surface area contributed by atoms with Crippen LogP contribution >= 0.6 is 12.2 Å². The van der Waals surface area contributed by atoms with Crippen molar-refractivity contribution in [1.82, 2.24) is 4.98 Å². The second-order valence-electron chi connectivity index (χ2n) is 4.19. The fourth-order valence-electron chi connectivity index (χ4n) is 2.08. The van der Waals surface area contributed by atoms with Gasteiger partial charge in [0.05, 0.1) is 11.8 Å². The van der Waals surface area contributed by atoms with E-state index in [9.17, 15) is 0 Å². The van der Waals surface area contributed by atoms with Gasteiger partial charge in [0.15, 0.2) is 0 Å². The first kappa shape index (κ1) is 12.3. The Labute approximate surface area is 107 Å². The smallest absolute Gasteiger partial charge is 0.129 e. The number of nitrogens with two attached hydrogens (primary N) is 1. The Morgan fingerprint density at radius 3 is 3.12 bits per heavy atom. The van der Waals surface area contributed by atoms with Gasteiger partial charge in [0.25, 0.3) is 0 Å². The monoisotopic (exact) mass is 251 g/mol. The summed E-state index contributed by atoms with van der Waals surface area (Å²) < 4.78 is 5.40. The van der Waals surface area contributed by atoms with Gasteiger partial charge in [-0.25, -0.2) is 4.98 Å². The molecule has 1 fully saturated rings. The van der Waals surface area contributed by atoms with Crippen molar-refractivity contribution in [3.8, 4) is 0 Å². The van der Waals surface area contributed by atoms with E-state index < -0.39 is 0 Å². The first-order chi connectivity index (χ1) is 8.20. The molecule has 17 heavy (non-hydrogen) atoms. The van der Waals surface area contributed by atoms with E-state index in [4.69, 9.17) is 22.7 Å². The Morgan fingerprint density at radius 1 is 1.59 bits per heavy atom. The number of piperidine rings is 1. The summed E-state index contributed by atoms with van der Waals surface area (Å²) in [6.07, 6.45) is 2.53. The van der Waals surface area contributed by atoms with Crippen LogP contribution in [-0.2, 0) is 4.74 Å². The minimum Gasteiger partial charge on any atom is -0.388 e. The molecule has 2 rings (SSSR count). The molecule has 0 aromatic carbocycles. The Bertz CT molecular complexity index is 410. The van der Waals surface area contributed by atoms with Gasteiger partial charge in [-0.2, -0.15) is 0 Å². The van der Waals surface area contributed by atoms with Crippen molar-refractivity contribution in [2.24, 2.45) is 5.73 Å². The number of aromatic nitrogens is 1. The lowest BCUT2D eigenvalue weighted by atomic mass is 10.1. The van der Waals surface area contributed by atoms with Crippen LogP contribution in [0.15, 0.2) is 18.2 Å². The summed E-state index contributed by atoms with van der Waals surface area (Å²) in [5, 5.41) is 0. The van der Waals surface area contributed by atoms with Crippen LogP contribution in [0.2, 0.25) is 0 Å². The highest BCUT2D eigenvalue weighted by Crippen LogP contribution is 2.19. The lowest BCUT2D eigenvalue weighted by Gasteiger charge is -2.32. The third-order valence-electron chi connectivity index (χ3n) is 3.02. The van der Waals surface area contributed by atoms with E-state index in [1.54, 1.807) is 7.11 Å². The van der Waals surface area contributed by atoms with Gasteiger partial charge < -0.3 is 15.4 Å². The maximum absolute atomic E-state index is 5.59. The number of hydrogen-bond donors (Lipinski definition) is 1. The summed E-state index contributed by atoms with van der Waals surface area (Å²) in [5.74, 6) is 0.928. The average molecular weight is 251 g/mol. The van der Waals surface area contributed by atoms with Crippen molar-refractivity contribution >= 4 is 23.0 Å². The first-order valence-corrected chi connectivity index (χ1v) is 6.16. The van der Waals surface area contributed by atoms with Crippen LogP contribution in [0.4, 0.5) is 5.82 Å². The average Bonchev–Trinajstić information content (AvgIpc) is 2.39. The number of pyridine rings is 1. The van der Waals surface area contributed by atoms with Crippen LogP contribution < -0.4 is 10.6 Å². The third kappa shape index (κ3) is 2.92. The van der Waals surface area contributed by atoms with Crippen molar-refractivity contribution in [3.05, 3.63) is 23.9 Å². The van der Waals surface area contributed by atoms with E-state index in [-0.39, 0.29) is 0 Å². The molecule has 0 radical (unpaired) electrons.